The number of aromatic nitrogens is 2. The zero-order chi connectivity index (χ0) is 17.9. The maximum atomic E-state index is 13.1. The third kappa shape index (κ3) is 3.72. The van der Waals surface area contributed by atoms with Crippen molar-refractivity contribution in [3.05, 3.63) is 41.6 Å². The second-order valence-electron chi connectivity index (χ2n) is 6.41. The van der Waals surface area contributed by atoms with Crippen LogP contribution in [0.1, 0.15) is 43.7 Å². The van der Waals surface area contributed by atoms with Crippen LogP contribution in [0.25, 0.3) is 11.4 Å². The Labute approximate surface area is 144 Å². The average molecular weight is 326 g/mol. The second kappa shape index (κ2) is 7.43. The Balaban J connectivity index is 2.55. The number of amides is 1. The van der Waals surface area contributed by atoms with Gasteiger partial charge < -0.3 is 10.2 Å². The molecular weight excluding hydrogens is 300 g/mol. The molecule has 2 rings (SSSR count). The SMILES string of the molecule is CNc1cc(C)nc(-c2ccccc2C(=O)N(C(C)C)C(C)C)n1. The van der Waals surface area contributed by atoms with E-state index in [1.807, 2.05) is 76.9 Å². The summed E-state index contributed by atoms with van der Waals surface area (Å²) in [6.07, 6.45) is 0. The molecule has 1 aromatic carbocycles. The molecule has 0 unspecified atom stereocenters. The minimum Gasteiger partial charge on any atom is -0.373 e. The largest absolute Gasteiger partial charge is 0.373 e. The monoisotopic (exact) mass is 326 g/mol. The normalized spacial score (nSPS) is 11.0. The molecule has 128 valence electrons. The van der Waals surface area contributed by atoms with Gasteiger partial charge >= 0.3 is 0 Å². The first-order chi connectivity index (χ1) is 11.3. The highest BCUT2D eigenvalue weighted by atomic mass is 16.2. The summed E-state index contributed by atoms with van der Waals surface area (Å²) in [5.41, 5.74) is 2.25. The lowest BCUT2D eigenvalue weighted by atomic mass is 10.0. The van der Waals surface area contributed by atoms with E-state index in [4.69, 9.17) is 0 Å². The third-order valence-corrected chi connectivity index (χ3v) is 3.86. The Morgan fingerprint density at radius 1 is 1.08 bits per heavy atom. The lowest BCUT2D eigenvalue weighted by Gasteiger charge is -2.31. The van der Waals surface area contributed by atoms with Crippen LogP contribution in [0.4, 0.5) is 5.82 Å². The predicted molar refractivity (Wildman–Crippen MR) is 98.2 cm³/mol. The minimum absolute atomic E-state index is 0.00622. The number of carbonyl (C=O) groups excluding carboxylic acids is 1. The summed E-state index contributed by atoms with van der Waals surface area (Å²) in [5.74, 6) is 1.31. The second-order valence-corrected chi connectivity index (χ2v) is 6.41. The van der Waals surface area contributed by atoms with E-state index in [1.165, 1.54) is 0 Å². The molecule has 5 nitrogen and oxygen atoms in total. The van der Waals surface area contributed by atoms with Crippen LogP contribution in [0.3, 0.4) is 0 Å². The fourth-order valence-electron chi connectivity index (χ4n) is 2.89. The summed E-state index contributed by atoms with van der Waals surface area (Å²) >= 11 is 0. The molecule has 0 atom stereocenters. The van der Waals surface area contributed by atoms with Gasteiger partial charge in [-0.1, -0.05) is 18.2 Å². The first-order valence-corrected chi connectivity index (χ1v) is 8.30. The van der Waals surface area contributed by atoms with E-state index in [1.54, 1.807) is 0 Å². The Hall–Kier alpha value is -2.43. The number of carbonyl (C=O) groups is 1. The van der Waals surface area contributed by atoms with Crippen LogP contribution >= 0.6 is 0 Å². The first kappa shape index (κ1) is 17.9. The number of aryl methyl sites for hydroxylation is 1. The maximum Gasteiger partial charge on any atom is 0.255 e. The number of hydrogen-bond acceptors (Lipinski definition) is 4. The van der Waals surface area contributed by atoms with Gasteiger partial charge in [0.2, 0.25) is 0 Å². The summed E-state index contributed by atoms with van der Waals surface area (Å²) < 4.78 is 0. The first-order valence-electron chi connectivity index (χ1n) is 8.30. The van der Waals surface area contributed by atoms with Crippen molar-refractivity contribution in [2.75, 3.05) is 12.4 Å². The smallest absolute Gasteiger partial charge is 0.255 e. The fraction of sp³-hybridized carbons (Fsp3) is 0.421. The van der Waals surface area contributed by atoms with Gasteiger partial charge in [-0.05, 0) is 40.7 Å². The van der Waals surface area contributed by atoms with Gasteiger partial charge in [-0.2, -0.15) is 0 Å². The zero-order valence-electron chi connectivity index (χ0n) is 15.3. The van der Waals surface area contributed by atoms with Gasteiger partial charge in [0.05, 0.1) is 5.56 Å². The molecule has 1 amide bonds. The van der Waals surface area contributed by atoms with Crippen molar-refractivity contribution in [2.24, 2.45) is 0 Å². The maximum absolute atomic E-state index is 13.1. The van der Waals surface area contributed by atoms with Crippen molar-refractivity contribution in [3.63, 3.8) is 0 Å². The zero-order valence-corrected chi connectivity index (χ0v) is 15.3. The van der Waals surface area contributed by atoms with Crippen molar-refractivity contribution in [1.82, 2.24) is 14.9 Å². The lowest BCUT2D eigenvalue weighted by molar-refractivity contribution is 0.0644. The van der Waals surface area contributed by atoms with Crippen molar-refractivity contribution in [1.29, 1.82) is 0 Å². The molecule has 0 bridgehead atoms. The van der Waals surface area contributed by atoms with Gasteiger partial charge in [0.15, 0.2) is 5.82 Å². The molecule has 0 aliphatic heterocycles. The molecule has 0 spiro atoms. The molecule has 24 heavy (non-hydrogen) atoms. The van der Waals surface area contributed by atoms with E-state index in [0.717, 1.165) is 17.1 Å². The van der Waals surface area contributed by atoms with E-state index in [9.17, 15) is 4.79 Å². The van der Waals surface area contributed by atoms with E-state index in [0.29, 0.717) is 11.4 Å². The topological polar surface area (TPSA) is 58.1 Å². The number of anilines is 1. The standard InChI is InChI=1S/C19H26N4O/c1-12(2)23(13(3)4)19(24)16-10-8-7-9-15(16)18-21-14(5)11-17(20-6)22-18/h7-13H,1-6H3,(H,20,21,22). The molecule has 0 saturated carbocycles. The molecule has 0 aliphatic carbocycles. The Bertz CT molecular complexity index is 717. The van der Waals surface area contributed by atoms with Crippen LogP contribution in [0, 0.1) is 6.92 Å². The van der Waals surface area contributed by atoms with Gasteiger partial charge in [0.1, 0.15) is 5.82 Å². The van der Waals surface area contributed by atoms with Crippen molar-refractivity contribution >= 4 is 11.7 Å². The average Bonchev–Trinajstić information content (AvgIpc) is 2.53. The molecule has 1 aromatic heterocycles. The highest BCUT2D eigenvalue weighted by molar-refractivity contribution is 6.00. The van der Waals surface area contributed by atoms with Crippen molar-refractivity contribution < 1.29 is 4.79 Å². The van der Waals surface area contributed by atoms with Crippen LogP contribution in [0.2, 0.25) is 0 Å². The Morgan fingerprint density at radius 2 is 1.71 bits per heavy atom. The van der Waals surface area contributed by atoms with E-state index in [2.05, 4.69) is 15.3 Å². The van der Waals surface area contributed by atoms with Crippen molar-refractivity contribution in [3.8, 4) is 11.4 Å². The number of nitrogens with one attached hydrogen (secondary N) is 1. The lowest BCUT2D eigenvalue weighted by Crippen LogP contribution is -2.42. The van der Waals surface area contributed by atoms with Crippen molar-refractivity contribution in [2.45, 2.75) is 46.7 Å². The number of nitrogens with zero attached hydrogens (tertiary/aromatic N) is 3. The molecule has 5 heteroatoms. The number of benzene rings is 1. The fourth-order valence-corrected chi connectivity index (χ4v) is 2.89. The minimum atomic E-state index is 0.00622. The van der Waals surface area contributed by atoms with E-state index in [-0.39, 0.29) is 18.0 Å². The Morgan fingerprint density at radius 3 is 2.29 bits per heavy atom. The van der Waals surface area contributed by atoms with E-state index >= 15 is 0 Å². The summed E-state index contributed by atoms with van der Waals surface area (Å²) in [4.78, 5) is 24.0. The molecule has 0 radical (unpaired) electrons. The molecular formula is C19H26N4O. The van der Waals surface area contributed by atoms with Gasteiger partial charge in [0.25, 0.3) is 5.91 Å². The summed E-state index contributed by atoms with van der Waals surface area (Å²) in [7, 11) is 1.82. The van der Waals surface area contributed by atoms with E-state index < -0.39 is 0 Å². The highest BCUT2D eigenvalue weighted by Gasteiger charge is 2.24. The molecule has 0 fully saturated rings. The van der Waals surface area contributed by atoms with Gasteiger partial charge in [-0.3, -0.25) is 4.79 Å². The van der Waals surface area contributed by atoms with Crippen LogP contribution in [-0.4, -0.2) is 39.9 Å². The number of hydrogen-bond donors (Lipinski definition) is 1. The van der Waals surface area contributed by atoms with Gasteiger partial charge in [0, 0.05) is 36.5 Å². The van der Waals surface area contributed by atoms with Crippen LogP contribution < -0.4 is 5.32 Å². The predicted octanol–water partition coefficient (Wildman–Crippen LogP) is 3.75. The Kier molecular flexibility index (Phi) is 5.54. The van der Waals surface area contributed by atoms with Gasteiger partial charge in [-0.25, -0.2) is 9.97 Å². The number of rotatable bonds is 5. The molecule has 1 heterocycles. The highest BCUT2D eigenvalue weighted by Crippen LogP contribution is 2.24. The van der Waals surface area contributed by atoms with Crippen LogP contribution in [-0.2, 0) is 0 Å². The third-order valence-electron chi connectivity index (χ3n) is 3.86. The quantitative estimate of drug-likeness (QED) is 0.909. The van der Waals surface area contributed by atoms with Crippen LogP contribution in [0.5, 0.6) is 0 Å². The van der Waals surface area contributed by atoms with Gasteiger partial charge in [-0.15, -0.1) is 0 Å². The molecule has 0 saturated heterocycles. The summed E-state index contributed by atoms with van der Waals surface area (Å²) in [5, 5.41) is 3.04. The van der Waals surface area contributed by atoms with Crippen LogP contribution in [0.15, 0.2) is 30.3 Å². The molecule has 0 aliphatic rings. The summed E-state index contributed by atoms with van der Waals surface area (Å²) in [6.45, 7) is 10.0. The summed E-state index contributed by atoms with van der Waals surface area (Å²) in [6, 6.07) is 9.66. The molecule has 1 N–H and O–H groups in total. The molecule has 2 aromatic rings.